The molecule has 1 aromatic heterocycles. The van der Waals surface area contributed by atoms with E-state index in [2.05, 4.69) is 336 Å². The van der Waals surface area contributed by atoms with Gasteiger partial charge in [0.15, 0.2) is 0 Å². The fourth-order valence-electron chi connectivity index (χ4n) is 15.0. The van der Waals surface area contributed by atoms with Crippen molar-refractivity contribution >= 4 is 79.0 Å². The Labute approximate surface area is 554 Å². The van der Waals surface area contributed by atoms with E-state index >= 15 is 0 Å². The van der Waals surface area contributed by atoms with Gasteiger partial charge in [0, 0.05) is 55.8 Å². The summed E-state index contributed by atoms with van der Waals surface area (Å²) >= 11 is 0. The molecular formula is C90H60BN3. The van der Waals surface area contributed by atoms with Crippen LogP contribution in [0.3, 0.4) is 0 Å². The Bertz CT molecular complexity index is 5380. The van der Waals surface area contributed by atoms with Crippen LogP contribution in [0.1, 0.15) is 5.48 Å². The summed E-state index contributed by atoms with van der Waals surface area (Å²) in [6.45, 7) is -0.435. The molecule has 2 aliphatic rings. The molecular weight excluding hydrogens is 1130 g/mol. The number of nitrogens with zero attached hydrogens (tertiary/aromatic N) is 3. The van der Waals surface area contributed by atoms with Crippen molar-refractivity contribution in [1.29, 1.82) is 0 Å². The zero-order valence-corrected chi connectivity index (χ0v) is 51.3. The lowest BCUT2D eigenvalue weighted by atomic mass is 9.33. The summed E-state index contributed by atoms with van der Waals surface area (Å²) in [5, 5.41) is 1.19. The van der Waals surface area contributed by atoms with Gasteiger partial charge in [-0.1, -0.05) is 328 Å². The van der Waals surface area contributed by atoms with E-state index in [1.165, 1.54) is 0 Å². The molecule has 0 amide bonds. The first-order chi connectivity index (χ1) is 48.4. The number of rotatable bonds is 11. The van der Waals surface area contributed by atoms with Gasteiger partial charge in [0.25, 0.3) is 6.71 Å². The molecule has 3 heterocycles. The molecule has 0 aliphatic carbocycles. The summed E-state index contributed by atoms with van der Waals surface area (Å²) in [7, 11) is 0. The van der Waals surface area contributed by atoms with Gasteiger partial charge < -0.3 is 14.4 Å². The molecule has 0 saturated carbocycles. The highest BCUT2D eigenvalue weighted by molar-refractivity contribution is 7.00. The Balaban J connectivity index is 1.10. The van der Waals surface area contributed by atoms with E-state index in [9.17, 15) is 5.48 Å². The van der Waals surface area contributed by atoms with Gasteiger partial charge >= 0.3 is 0 Å². The van der Waals surface area contributed by atoms with Crippen molar-refractivity contribution in [3.05, 3.63) is 364 Å². The monoisotopic (exact) mass is 1200 g/mol. The van der Waals surface area contributed by atoms with Crippen LogP contribution < -0.4 is 26.2 Å². The van der Waals surface area contributed by atoms with Gasteiger partial charge in [-0.3, -0.25) is 0 Å². The summed E-state index contributed by atoms with van der Waals surface area (Å²) in [4.78, 5) is 5.12. The summed E-state index contributed by atoms with van der Waals surface area (Å²) < 4.78 is 40.6. The topological polar surface area (TPSA) is 11.4 Å². The first-order valence-electron chi connectivity index (χ1n) is 34.2. The SMILES string of the molecule is [2H]c1c([2H])c([2H])c2c(c1[2H])c1ccccc1n2-c1cc2c3c(c1)N(c1c(-c4ccccc4)cccc1-c1ccccc1)c1cc(-c4ccccc4)c(-c4ccccc4)cc1B3c1cc(-c3ccccc3)c(-c3ccccc3)cc1N2c1c(-c2ccccc2)cccc1-c1ccccc1. The third-order valence-electron chi connectivity index (χ3n) is 19.1. The second kappa shape index (κ2) is 22.9. The van der Waals surface area contributed by atoms with E-state index in [1.54, 1.807) is 0 Å². The van der Waals surface area contributed by atoms with Crippen LogP contribution in [0.2, 0.25) is 0 Å². The molecule has 15 aromatic carbocycles. The van der Waals surface area contributed by atoms with Crippen molar-refractivity contribution < 1.29 is 5.48 Å². The van der Waals surface area contributed by atoms with Crippen LogP contribution in [-0.4, -0.2) is 11.3 Å². The van der Waals surface area contributed by atoms with E-state index in [0.29, 0.717) is 10.9 Å². The number of para-hydroxylation sites is 4. The van der Waals surface area contributed by atoms with Gasteiger partial charge in [-0.15, -0.1) is 0 Å². The molecule has 0 fully saturated rings. The molecule has 0 N–H and O–H groups in total. The van der Waals surface area contributed by atoms with Crippen LogP contribution in [0.5, 0.6) is 0 Å². The van der Waals surface area contributed by atoms with Crippen molar-refractivity contribution in [2.75, 3.05) is 9.80 Å². The van der Waals surface area contributed by atoms with E-state index in [4.69, 9.17) is 0 Å². The van der Waals surface area contributed by atoms with Gasteiger partial charge in [0.1, 0.15) is 0 Å². The summed E-state index contributed by atoms with van der Waals surface area (Å²) in [6.07, 6.45) is 0. The third kappa shape index (κ3) is 9.06. The van der Waals surface area contributed by atoms with E-state index in [1.807, 2.05) is 18.2 Å². The number of aromatic nitrogens is 1. The minimum atomic E-state index is -0.435. The van der Waals surface area contributed by atoms with Crippen LogP contribution in [-0.2, 0) is 0 Å². The number of benzene rings is 15. The third-order valence-corrected chi connectivity index (χ3v) is 19.1. The lowest BCUT2D eigenvalue weighted by Gasteiger charge is -2.46. The smallest absolute Gasteiger partial charge is 0.252 e. The minimum Gasteiger partial charge on any atom is -0.310 e. The zero-order valence-electron chi connectivity index (χ0n) is 55.3. The molecule has 2 aliphatic heterocycles. The molecule has 438 valence electrons. The molecule has 0 radical (unpaired) electrons. The number of fused-ring (bicyclic) bond motifs is 7. The fraction of sp³-hybridized carbons (Fsp3) is 0. The molecule has 3 nitrogen and oxygen atoms in total. The van der Waals surface area contributed by atoms with Crippen molar-refractivity contribution in [3.63, 3.8) is 0 Å². The van der Waals surface area contributed by atoms with Gasteiger partial charge in [-0.2, -0.15) is 0 Å². The van der Waals surface area contributed by atoms with Crippen molar-refractivity contribution in [2.45, 2.75) is 0 Å². The van der Waals surface area contributed by atoms with Gasteiger partial charge in [0.2, 0.25) is 0 Å². The highest BCUT2D eigenvalue weighted by Crippen LogP contribution is 2.55. The van der Waals surface area contributed by atoms with E-state index in [0.717, 1.165) is 156 Å². The molecule has 0 atom stereocenters. The Kier molecular flexibility index (Phi) is 12.3. The van der Waals surface area contributed by atoms with Crippen LogP contribution in [0.4, 0.5) is 34.1 Å². The summed E-state index contributed by atoms with van der Waals surface area (Å²) in [5.41, 5.74) is 28.0. The lowest BCUT2D eigenvalue weighted by Crippen LogP contribution is -2.61. The average Bonchev–Trinajstić information content (AvgIpc) is 0.968. The van der Waals surface area contributed by atoms with Crippen molar-refractivity contribution in [3.8, 4) is 94.7 Å². The molecule has 0 bridgehead atoms. The first kappa shape index (κ1) is 50.5. The van der Waals surface area contributed by atoms with Crippen LogP contribution in [0.25, 0.3) is 117 Å². The van der Waals surface area contributed by atoms with Crippen molar-refractivity contribution in [1.82, 2.24) is 4.57 Å². The summed E-state index contributed by atoms with van der Waals surface area (Å²) in [5.74, 6) is 0. The molecule has 94 heavy (non-hydrogen) atoms. The van der Waals surface area contributed by atoms with Crippen molar-refractivity contribution in [2.24, 2.45) is 0 Å². The number of hydrogen-bond donors (Lipinski definition) is 0. The highest BCUT2D eigenvalue weighted by atomic mass is 15.2. The van der Waals surface area contributed by atoms with Gasteiger partial charge in [-0.05, 0) is 120 Å². The maximum atomic E-state index is 10.1. The Morgan fingerprint density at radius 1 is 0.245 bits per heavy atom. The quantitative estimate of drug-likeness (QED) is 0.120. The second-order valence-electron chi connectivity index (χ2n) is 24.3. The first-order valence-corrected chi connectivity index (χ1v) is 32.2. The Morgan fingerprint density at radius 3 is 0.915 bits per heavy atom. The highest BCUT2D eigenvalue weighted by Gasteiger charge is 2.46. The maximum Gasteiger partial charge on any atom is 0.252 e. The second-order valence-corrected chi connectivity index (χ2v) is 24.3. The standard InChI is InChI=1S/C90H60BN3/c1-9-31-61(32-10-1)70-49-29-50-71(62-33-11-2-12-34-62)89(70)93-84-59-78(67-43-21-7-22-44-67)76(65-39-17-5-18-40-65)57-80(84)91-81-58-77(66-41-19-6-20-42-66)79(68-45-23-8-24-46-68)60-85(81)94(90-72(63-35-13-3-14-36-63)51-30-52-73(90)64-37-15-4-16-38-64)87-56-69(55-86(93)88(87)91)92-82-53-27-25-47-74(82)75-48-26-28-54-83(75)92/h1-60H/i25D,27D,47D,53D. The summed E-state index contributed by atoms with van der Waals surface area (Å²) in [6, 6.07) is 122. The van der Waals surface area contributed by atoms with E-state index in [-0.39, 0.29) is 24.2 Å². The molecule has 4 heteroatoms. The average molecular weight is 1200 g/mol. The molecule has 0 unspecified atom stereocenters. The predicted molar refractivity (Wildman–Crippen MR) is 398 cm³/mol. The number of anilines is 6. The van der Waals surface area contributed by atoms with Gasteiger partial charge in [-0.25, -0.2) is 0 Å². The molecule has 0 saturated heterocycles. The molecule has 18 rings (SSSR count). The molecule has 0 spiro atoms. The predicted octanol–water partition coefficient (Wildman–Crippen LogP) is 22.2. The van der Waals surface area contributed by atoms with E-state index < -0.39 is 6.71 Å². The largest absolute Gasteiger partial charge is 0.310 e. The van der Waals surface area contributed by atoms with Crippen LogP contribution >= 0.6 is 0 Å². The van der Waals surface area contributed by atoms with Crippen LogP contribution in [0, 0.1) is 0 Å². The minimum absolute atomic E-state index is 0.0830. The zero-order chi connectivity index (χ0) is 65.5. The molecule has 16 aromatic rings. The lowest BCUT2D eigenvalue weighted by molar-refractivity contribution is 1.16. The van der Waals surface area contributed by atoms with Gasteiger partial charge in [0.05, 0.1) is 33.6 Å². The fourth-order valence-corrected chi connectivity index (χ4v) is 15.0. The Morgan fingerprint density at radius 2 is 0.553 bits per heavy atom. The maximum absolute atomic E-state index is 10.1. The van der Waals surface area contributed by atoms with Crippen LogP contribution in [0.15, 0.2) is 364 Å². The number of hydrogen-bond acceptors (Lipinski definition) is 2. The Hall–Kier alpha value is -12.2. The normalized spacial score (nSPS) is 12.8.